The van der Waals surface area contributed by atoms with E-state index < -0.39 is 27.8 Å². The number of halogens is 2. The molecule has 158 valence electrons. The van der Waals surface area contributed by atoms with E-state index in [9.17, 15) is 13.6 Å². The molecule has 2 aromatic rings. The van der Waals surface area contributed by atoms with Crippen molar-refractivity contribution in [3.63, 3.8) is 0 Å². The molecule has 0 heterocycles. The van der Waals surface area contributed by atoms with Crippen LogP contribution in [0.4, 0.5) is 13.6 Å². The zero-order valence-electron chi connectivity index (χ0n) is 16.8. The average molecular weight is 424 g/mol. The lowest BCUT2D eigenvalue weighted by Crippen LogP contribution is -2.49. The molecule has 2 amide bonds. The van der Waals surface area contributed by atoms with Crippen LogP contribution in [-0.2, 0) is 9.71 Å². The van der Waals surface area contributed by atoms with Gasteiger partial charge in [-0.1, -0.05) is 30.3 Å². The van der Waals surface area contributed by atoms with Crippen LogP contribution in [0.3, 0.4) is 0 Å². The van der Waals surface area contributed by atoms with Crippen molar-refractivity contribution in [1.82, 2.24) is 10.4 Å². The number of nitrogens with one attached hydrogen (secondary N) is 1. The molecule has 0 aromatic heterocycles. The number of hydrogen-bond donors (Lipinski definition) is 2. The summed E-state index contributed by atoms with van der Waals surface area (Å²) >= 11 is 1.34. The second-order valence-corrected chi connectivity index (χ2v) is 8.26. The molecule has 0 aliphatic heterocycles. The van der Waals surface area contributed by atoms with Crippen molar-refractivity contribution >= 4 is 17.8 Å². The number of benzene rings is 2. The number of carbonyl (C=O) groups is 1. The van der Waals surface area contributed by atoms with Crippen molar-refractivity contribution in [1.29, 1.82) is 0 Å². The number of hydrogen-bond acceptors (Lipinski definition) is 4. The van der Waals surface area contributed by atoms with E-state index in [-0.39, 0.29) is 5.56 Å². The number of nitrogens with two attached hydrogens (primary N) is 1. The summed E-state index contributed by atoms with van der Waals surface area (Å²) in [4.78, 5) is 16.8. The maximum atomic E-state index is 14.4. The van der Waals surface area contributed by atoms with Gasteiger partial charge < -0.3 is 11.1 Å². The minimum atomic E-state index is -0.914. The van der Waals surface area contributed by atoms with Gasteiger partial charge in [-0.2, -0.15) is 0 Å². The van der Waals surface area contributed by atoms with E-state index in [0.29, 0.717) is 19.4 Å². The maximum Gasteiger partial charge on any atom is 0.342 e. The number of amides is 2. The minimum absolute atomic E-state index is 0.234. The molecule has 0 aliphatic rings. The first-order valence-corrected chi connectivity index (χ1v) is 10.2. The molecule has 2 rings (SSSR count). The van der Waals surface area contributed by atoms with Crippen molar-refractivity contribution in [2.75, 3.05) is 20.7 Å². The molecule has 0 bridgehead atoms. The van der Waals surface area contributed by atoms with Crippen LogP contribution in [0.2, 0.25) is 0 Å². The molecule has 3 N–H and O–H groups in total. The first kappa shape index (κ1) is 23.1. The van der Waals surface area contributed by atoms with Gasteiger partial charge in [-0.3, -0.25) is 4.84 Å². The molecule has 0 fully saturated rings. The molecule has 29 heavy (non-hydrogen) atoms. The average Bonchev–Trinajstić information content (AvgIpc) is 2.73. The minimum Gasteiger partial charge on any atom is -0.330 e. The van der Waals surface area contributed by atoms with Gasteiger partial charge in [-0.25, -0.2) is 18.6 Å². The van der Waals surface area contributed by atoms with Gasteiger partial charge in [0.15, 0.2) is 0 Å². The van der Waals surface area contributed by atoms with E-state index in [2.05, 4.69) is 5.32 Å². The lowest BCUT2D eigenvalue weighted by Gasteiger charge is -2.38. The Bertz CT molecular complexity index is 810. The van der Waals surface area contributed by atoms with E-state index in [1.54, 1.807) is 6.92 Å². The normalized spacial score (nSPS) is 14.1. The second kappa shape index (κ2) is 10.6. The highest BCUT2D eigenvalue weighted by molar-refractivity contribution is 8.00. The molecule has 2 aromatic carbocycles. The van der Waals surface area contributed by atoms with Gasteiger partial charge in [0.25, 0.3) is 0 Å². The van der Waals surface area contributed by atoms with E-state index in [4.69, 9.17) is 10.6 Å². The van der Waals surface area contributed by atoms with E-state index in [1.807, 2.05) is 30.3 Å². The third-order valence-electron chi connectivity index (χ3n) is 4.62. The summed E-state index contributed by atoms with van der Waals surface area (Å²) in [5, 5.41) is 3.65. The summed E-state index contributed by atoms with van der Waals surface area (Å²) < 4.78 is 28.1. The van der Waals surface area contributed by atoms with Crippen LogP contribution in [0.5, 0.6) is 0 Å². The fourth-order valence-corrected chi connectivity index (χ4v) is 4.61. The van der Waals surface area contributed by atoms with Crippen molar-refractivity contribution in [2.45, 2.75) is 29.9 Å². The van der Waals surface area contributed by atoms with Crippen LogP contribution in [0.15, 0.2) is 48.5 Å². The molecule has 5 nitrogen and oxygen atoms in total. The van der Waals surface area contributed by atoms with Gasteiger partial charge in [0.1, 0.15) is 16.5 Å². The third-order valence-corrected chi connectivity index (χ3v) is 6.17. The molecule has 1 unspecified atom stereocenters. The molecule has 8 heteroatoms. The Labute approximate surface area is 174 Å². The molecule has 0 radical (unpaired) electrons. The Morgan fingerprint density at radius 3 is 2.59 bits per heavy atom. The van der Waals surface area contributed by atoms with Crippen LogP contribution in [0.25, 0.3) is 0 Å². The van der Waals surface area contributed by atoms with Crippen LogP contribution in [0, 0.1) is 11.6 Å². The molecule has 0 aliphatic carbocycles. The number of urea groups is 1. The maximum absolute atomic E-state index is 14.4. The summed E-state index contributed by atoms with van der Waals surface area (Å²) in [6.07, 6.45) is 1.12. The van der Waals surface area contributed by atoms with Crippen molar-refractivity contribution in [3.05, 3.63) is 71.3 Å². The second-order valence-electron chi connectivity index (χ2n) is 6.62. The molecule has 0 saturated carbocycles. The highest BCUT2D eigenvalue weighted by Gasteiger charge is 2.37. The quantitative estimate of drug-likeness (QED) is 0.459. The first-order chi connectivity index (χ1) is 13.8. The van der Waals surface area contributed by atoms with E-state index in [0.717, 1.165) is 22.8 Å². The summed E-state index contributed by atoms with van der Waals surface area (Å²) in [6, 6.07) is 12.3. The number of nitrogens with zero attached hydrogens (tertiary/aromatic N) is 1. The highest BCUT2D eigenvalue weighted by Crippen LogP contribution is 2.47. The Morgan fingerprint density at radius 1 is 1.28 bits per heavy atom. The Kier molecular flexibility index (Phi) is 8.43. The summed E-state index contributed by atoms with van der Waals surface area (Å²) in [7, 11) is 2.88. The first-order valence-electron chi connectivity index (χ1n) is 9.31. The molecular weight excluding hydrogens is 396 g/mol. The summed E-state index contributed by atoms with van der Waals surface area (Å²) in [5.74, 6) is -1.00. The largest absolute Gasteiger partial charge is 0.342 e. The zero-order valence-corrected chi connectivity index (χ0v) is 17.6. The number of carbonyl (C=O) groups excluding carboxylic acids is 1. The molecule has 0 spiro atoms. The van der Waals surface area contributed by atoms with Gasteiger partial charge in [0.05, 0.1) is 7.11 Å². The van der Waals surface area contributed by atoms with Crippen LogP contribution in [-0.4, -0.2) is 31.8 Å². The molecule has 0 saturated heterocycles. The smallest absolute Gasteiger partial charge is 0.330 e. The van der Waals surface area contributed by atoms with Gasteiger partial charge in [-0.15, -0.1) is 11.8 Å². The Morgan fingerprint density at radius 2 is 1.97 bits per heavy atom. The fourth-order valence-electron chi connectivity index (χ4n) is 3.02. The lowest BCUT2D eigenvalue weighted by atomic mass is 10.0. The topological polar surface area (TPSA) is 67.6 Å². The lowest BCUT2D eigenvalue weighted by molar-refractivity contribution is -0.0661. The predicted octanol–water partition coefficient (Wildman–Crippen LogP) is 4.55. The van der Waals surface area contributed by atoms with Crippen LogP contribution < -0.4 is 11.1 Å². The number of hydroxylamine groups is 2. The van der Waals surface area contributed by atoms with E-state index >= 15 is 0 Å². The van der Waals surface area contributed by atoms with Gasteiger partial charge in [0.2, 0.25) is 0 Å². The SMILES string of the molecule is CON(C)C(=O)N[C@@](CCCN)(SC(C)c1cc(F)ccc1F)c1ccccc1. The number of thioether (sulfide) groups is 1. The Balaban J connectivity index is 2.48. The van der Waals surface area contributed by atoms with Gasteiger partial charge in [-0.05, 0) is 50.1 Å². The highest BCUT2D eigenvalue weighted by atomic mass is 32.2. The Hall–Kier alpha value is -2.16. The third kappa shape index (κ3) is 5.91. The molecule has 2 atom stereocenters. The van der Waals surface area contributed by atoms with Crippen molar-refractivity contribution in [2.24, 2.45) is 5.73 Å². The molecular formula is C21H27F2N3O2S. The van der Waals surface area contributed by atoms with Crippen molar-refractivity contribution in [3.8, 4) is 0 Å². The van der Waals surface area contributed by atoms with Crippen LogP contribution >= 0.6 is 11.8 Å². The van der Waals surface area contributed by atoms with Crippen molar-refractivity contribution < 1.29 is 18.4 Å². The predicted molar refractivity (Wildman–Crippen MR) is 112 cm³/mol. The number of rotatable bonds is 9. The summed E-state index contributed by atoms with van der Waals surface area (Å²) in [6.45, 7) is 2.21. The van der Waals surface area contributed by atoms with E-state index in [1.165, 1.54) is 32.0 Å². The zero-order chi connectivity index (χ0) is 21.4. The summed E-state index contributed by atoms with van der Waals surface area (Å²) in [5.41, 5.74) is 6.82. The van der Waals surface area contributed by atoms with Gasteiger partial charge >= 0.3 is 6.03 Å². The van der Waals surface area contributed by atoms with Gasteiger partial charge in [0, 0.05) is 17.9 Å². The standard InChI is InChI=1S/C21H27F2N3O2S/c1-15(18-14-17(22)10-11-19(18)23)29-21(12-7-13-24,16-8-5-4-6-9-16)25-20(27)26(2)28-3/h4-6,8-11,14-15H,7,12-13,24H2,1-3H3,(H,25,27)/t15?,21-/m0/s1. The van der Waals surface area contributed by atoms with Crippen LogP contribution in [0.1, 0.15) is 36.1 Å². The fraction of sp³-hybridized carbons (Fsp3) is 0.381. The monoisotopic (exact) mass is 423 g/mol.